The Hall–Kier alpha value is -2.45. The Morgan fingerprint density at radius 3 is 2.61 bits per heavy atom. The summed E-state index contributed by atoms with van der Waals surface area (Å²) in [6, 6.07) is 12.8. The molecule has 2 aromatic heterocycles. The summed E-state index contributed by atoms with van der Waals surface area (Å²) in [6.45, 7) is 1.33. The smallest absolute Gasteiger partial charge is 0.214 e. The second-order valence-electron chi connectivity index (χ2n) is 9.70. The van der Waals surface area contributed by atoms with Crippen molar-refractivity contribution in [2.24, 2.45) is 11.8 Å². The molecule has 1 aromatic carbocycles. The molecule has 1 saturated heterocycles. The monoisotopic (exact) mass is 467 g/mol. The second kappa shape index (κ2) is 9.43. The molecule has 5 rings (SSSR count). The number of hydrogen-bond acceptors (Lipinski definition) is 5. The van der Waals surface area contributed by atoms with Crippen molar-refractivity contribution in [3.05, 3.63) is 54.5 Å². The molecule has 1 saturated carbocycles. The SMILES string of the molecule is CN(c1ncnc2[nH]ccc12)[C@H]1CC[C@H](CS(=O)(=O)N2CC[C@H](Cc3ccccc3)C2)CC1. The van der Waals surface area contributed by atoms with Crippen molar-refractivity contribution in [3.63, 3.8) is 0 Å². The van der Waals surface area contributed by atoms with Crippen LogP contribution >= 0.6 is 0 Å². The van der Waals surface area contributed by atoms with Crippen molar-refractivity contribution in [2.45, 2.75) is 44.6 Å². The molecule has 33 heavy (non-hydrogen) atoms. The zero-order valence-corrected chi connectivity index (χ0v) is 20.0. The molecule has 8 heteroatoms. The van der Waals surface area contributed by atoms with Gasteiger partial charge >= 0.3 is 0 Å². The third-order valence-electron chi connectivity index (χ3n) is 7.49. The van der Waals surface area contributed by atoms with Gasteiger partial charge in [0.2, 0.25) is 10.0 Å². The van der Waals surface area contributed by atoms with E-state index < -0.39 is 10.0 Å². The van der Waals surface area contributed by atoms with E-state index in [-0.39, 0.29) is 11.7 Å². The van der Waals surface area contributed by atoms with Crippen LogP contribution in [-0.2, 0) is 16.4 Å². The lowest BCUT2D eigenvalue weighted by Crippen LogP contribution is -2.39. The predicted molar refractivity (Wildman–Crippen MR) is 132 cm³/mol. The summed E-state index contributed by atoms with van der Waals surface area (Å²) in [4.78, 5) is 14.2. The first kappa shape index (κ1) is 22.3. The molecule has 3 heterocycles. The Labute approximate surface area is 196 Å². The standard InChI is InChI=1S/C25H33N5O2S/c1-29(25-23-11-13-26-24(23)27-18-28-25)22-9-7-20(8-10-22)17-33(31,32)30-14-12-21(16-30)15-19-5-3-2-4-6-19/h2-6,11,13,18,20-22H,7-10,12,14-17H2,1H3,(H,26,27,28)/t20-,21-,22-/m1/s1. The number of sulfonamides is 1. The fourth-order valence-electron chi connectivity index (χ4n) is 5.58. The number of aromatic amines is 1. The molecule has 0 spiro atoms. The summed E-state index contributed by atoms with van der Waals surface area (Å²) >= 11 is 0. The molecule has 176 valence electrons. The van der Waals surface area contributed by atoms with Gasteiger partial charge in [0.1, 0.15) is 17.8 Å². The lowest BCUT2D eigenvalue weighted by atomic mass is 9.86. The Kier molecular flexibility index (Phi) is 6.38. The molecule has 0 radical (unpaired) electrons. The average Bonchev–Trinajstić information content (AvgIpc) is 3.49. The third-order valence-corrected chi connectivity index (χ3v) is 9.50. The van der Waals surface area contributed by atoms with Gasteiger partial charge in [0, 0.05) is 32.4 Å². The van der Waals surface area contributed by atoms with E-state index in [1.807, 2.05) is 18.3 Å². The molecule has 3 aromatic rings. The minimum atomic E-state index is -3.20. The van der Waals surface area contributed by atoms with Crippen LogP contribution in [0.25, 0.3) is 11.0 Å². The van der Waals surface area contributed by atoms with Gasteiger partial charge in [-0.25, -0.2) is 22.7 Å². The zero-order valence-electron chi connectivity index (χ0n) is 19.2. The van der Waals surface area contributed by atoms with Gasteiger partial charge in [-0.3, -0.25) is 0 Å². The van der Waals surface area contributed by atoms with E-state index in [2.05, 4.69) is 51.2 Å². The van der Waals surface area contributed by atoms with Gasteiger partial charge < -0.3 is 9.88 Å². The van der Waals surface area contributed by atoms with Crippen LogP contribution in [0.2, 0.25) is 0 Å². The molecule has 2 fully saturated rings. The van der Waals surface area contributed by atoms with Crippen LogP contribution in [0.3, 0.4) is 0 Å². The molecular weight excluding hydrogens is 434 g/mol. The van der Waals surface area contributed by atoms with E-state index in [1.54, 1.807) is 10.6 Å². The molecule has 2 aliphatic rings. The summed E-state index contributed by atoms with van der Waals surface area (Å²) < 4.78 is 28.0. The van der Waals surface area contributed by atoms with E-state index in [0.717, 1.165) is 55.4 Å². The average molecular weight is 468 g/mol. The number of rotatable bonds is 7. The highest BCUT2D eigenvalue weighted by atomic mass is 32.2. The van der Waals surface area contributed by atoms with E-state index >= 15 is 0 Å². The molecule has 0 bridgehead atoms. The Morgan fingerprint density at radius 1 is 1.03 bits per heavy atom. The Balaban J connectivity index is 1.14. The van der Waals surface area contributed by atoms with E-state index in [9.17, 15) is 8.42 Å². The van der Waals surface area contributed by atoms with Crippen molar-refractivity contribution in [1.29, 1.82) is 0 Å². The van der Waals surface area contributed by atoms with E-state index in [4.69, 9.17) is 0 Å². The molecule has 1 N–H and O–H groups in total. The highest BCUT2D eigenvalue weighted by molar-refractivity contribution is 7.89. The molecule has 0 unspecified atom stereocenters. The first-order chi connectivity index (χ1) is 16.0. The lowest BCUT2D eigenvalue weighted by molar-refractivity contribution is 0.335. The molecular formula is C25H33N5O2S. The number of aromatic nitrogens is 3. The number of nitrogens with zero attached hydrogens (tertiary/aromatic N) is 4. The lowest BCUT2D eigenvalue weighted by Gasteiger charge is -2.35. The van der Waals surface area contributed by atoms with Crippen LogP contribution < -0.4 is 4.90 Å². The van der Waals surface area contributed by atoms with Crippen LogP contribution in [0.4, 0.5) is 5.82 Å². The molecule has 1 aliphatic heterocycles. The van der Waals surface area contributed by atoms with Crippen LogP contribution in [-0.4, -0.2) is 59.6 Å². The van der Waals surface area contributed by atoms with Gasteiger partial charge in [-0.1, -0.05) is 30.3 Å². The number of H-pyrrole nitrogens is 1. The Bertz CT molecular complexity index is 1170. The summed E-state index contributed by atoms with van der Waals surface area (Å²) in [6.07, 6.45) is 9.27. The van der Waals surface area contributed by atoms with Crippen molar-refractivity contribution in [2.75, 3.05) is 30.8 Å². The highest BCUT2D eigenvalue weighted by Crippen LogP contribution is 2.33. The Morgan fingerprint density at radius 2 is 1.82 bits per heavy atom. The van der Waals surface area contributed by atoms with Gasteiger partial charge in [0.15, 0.2) is 0 Å². The number of fused-ring (bicyclic) bond motifs is 1. The normalized spacial score (nSPS) is 24.3. The maximum atomic E-state index is 13.1. The maximum Gasteiger partial charge on any atom is 0.214 e. The fraction of sp³-hybridized carbons (Fsp3) is 0.520. The largest absolute Gasteiger partial charge is 0.356 e. The van der Waals surface area contributed by atoms with Crippen LogP contribution in [0.15, 0.2) is 48.9 Å². The number of hydrogen-bond donors (Lipinski definition) is 1. The number of benzene rings is 1. The maximum absolute atomic E-state index is 13.1. The molecule has 1 aliphatic carbocycles. The summed E-state index contributed by atoms with van der Waals surface area (Å²) in [5.74, 6) is 1.89. The van der Waals surface area contributed by atoms with Crippen molar-refractivity contribution >= 4 is 26.9 Å². The minimum Gasteiger partial charge on any atom is -0.356 e. The van der Waals surface area contributed by atoms with Crippen LogP contribution in [0, 0.1) is 11.8 Å². The van der Waals surface area contributed by atoms with Crippen LogP contribution in [0.5, 0.6) is 0 Å². The summed E-state index contributed by atoms with van der Waals surface area (Å²) in [5, 5.41) is 1.03. The van der Waals surface area contributed by atoms with Gasteiger partial charge in [-0.15, -0.1) is 0 Å². The summed E-state index contributed by atoms with van der Waals surface area (Å²) in [7, 11) is -1.11. The number of anilines is 1. The quantitative estimate of drug-likeness (QED) is 0.571. The van der Waals surface area contributed by atoms with E-state index in [1.165, 1.54) is 5.56 Å². The highest BCUT2D eigenvalue weighted by Gasteiger charge is 2.35. The zero-order chi connectivity index (χ0) is 22.8. The van der Waals surface area contributed by atoms with Crippen molar-refractivity contribution in [3.8, 4) is 0 Å². The fourth-order valence-corrected chi connectivity index (χ4v) is 7.54. The molecule has 7 nitrogen and oxygen atoms in total. The second-order valence-corrected chi connectivity index (χ2v) is 11.7. The van der Waals surface area contributed by atoms with Gasteiger partial charge in [-0.05, 0) is 62.0 Å². The van der Waals surface area contributed by atoms with Crippen LogP contribution in [0.1, 0.15) is 37.7 Å². The van der Waals surface area contributed by atoms with Gasteiger partial charge in [0.05, 0.1) is 11.1 Å². The van der Waals surface area contributed by atoms with Gasteiger partial charge in [0.25, 0.3) is 0 Å². The van der Waals surface area contributed by atoms with Crippen molar-refractivity contribution in [1.82, 2.24) is 19.3 Å². The summed E-state index contributed by atoms with van der Waals surface area (Å²) in [5.41, 5.74) is 2.15. The molecule has 0 amide bonds. The number of nitrogens with one attached hydrogen (secondary N) is 1. The minimum absolute atomic E-state index is 0.241. The van der Waals surface area contributed by atoms with Crippen molar-refractivity contribution < 1.29 is 8.42 Å². The van der Waals surface area contributed by atoms with E-state index in [0.29, 0.717) is 25.0 Å². The first-order valence-electron chi connectivity index (χ1n) is 12.0. The van der Waals surface area contributed by atoms with Gasteiger partial charge in [-0.2, -0.15) is 0 Å². The predicted octanol–water partition coefficient (Wildman–Crippen LogP) is 3.85. The third kappa shape index (κ3) is 4.92. The topological polar surface area (TPSA) is 82.2 Å². The first-order valence-corrected chi connectivity index (χ1v) is 13.6. The molecule has 1 atom stereocenters.